The number of nitrogens with two attached hydrogens (primary N) is 1. The molecule has 0 heterocycles. The van der Waals surface area contributed by atoms with Crippen molar-refractivity contribution >= 4 is 5.97 Å². The van der Waals surface area contributed by atoms with E-state index in [1.54, 1.807) is 0 Å². The highest BCUT2D eigenvalue weighted by atomic mass is 16.5. The van der Waals surface area contributed by atoms with Gasteiger partial charge in [0.25, 0.3) is 0 Å². The van der Waals surface area contributed by atoms with Gasteiger partial charge in [-0.3, -0.25) is 4.79 Å². The fourth-order valence-corrected chi connectivity index (χ4v) is 1.40. The highest BCUT2D eigenvalue weighted by molar-refractivity contribution is 5.68. The molecule has 0 radical (unpaired) electrons. The van der Waals surface area contributed by atoms with Crippen LogP contribution in [0.4, 0.5) is 0 Å². The van der Waals surface area contributed by atoms with Crippen LogP contribution in [0.5, 0.6) is 0 Å². The standard InChI is InChI=1S/C11H15NO3/c1-15-11(12,8-10(13)14)7-9-5-3-2-4-6-9/h2-6H,7-8,12H2,1H3,(H,13,14). The van der Waals surface area contributed by atoms with Crippen molar-refractivity contribution in [3.8, 4) is 0 Å². The molecule has 0 bridgehead atoms. The summed E-state index contributed by atoms with van der Waals surface area (Å²) in [6.45, 7) is 0. The molecule has 1 unspecified atom stereocenters. The first kappa shape index (κ1) is 11.7. The minimum Gasteiger partial charge on any atom is -0.481 e. The predicted molar refractivity (Wildman–Crippen MR) is 56.3 cm³/mol. The van der Waals surface area contributed by atoms with Gasteiger partial charge >= 0.3 is 5.97 Å². The fourth-order valence-electron chi connectivity index (χ4n) is 1.40. The lowest BCUT2D eigenvalue weighted by Crippen LogP contribution is -2.45. The summed E-state index contributed by atoms with van der Waals surface area (Å²) >= 11 is 0. The van der Waals surface area contributed by atoms with Crippen molar-refractivity contribution < 1.29 is 14.6 Å². The van der Waals surface area contributed by atoms with Crippen LogP contribution in [-0.2, 0) is 16.0 Å². The molecule has 0 saturated heterocycles. The van der Waals surface area contributed by atoms with Gasteiger partial charge in [-0.05, 0) is 5.56 Å². The number of benzene rings is 1. The van der Waals surface area contributed by atoms with Gasteiger partial charge in [0.1, 0.15) is 5.72 Å². The van der Waals surface area contributed by atoms with E-state index in [0.29, 0.717) is 6.42 Å². The van der Waals surface area contributed by atoms with Crippen LogP contribution in [0.1, 0.15) is 12.0 Å². The molecule has 1 rings (SSSR count). The number of hydrogen-bond donors (Lipinski definition) is 2. The zero-order valence-electron chi connectivity index (χ0n) is 8.64. The quantitative estimate of drug-likeness (QED) is 0.710. The summed E-state index contributed by atoms with van der Waals surface area (Å²) in [6.07, 6.45) is 0.176. The Hall–Kier alpha value is -1.39. The molecule has 4 heteroatoms. The number of rotatable bonds is 5. The monoisotopic (exact) mass is 209 g/mol. The molecule has 1 aromatic carbocycles. The molecule has 0 spiro atoms. The fraction of sp³-hybridized carbons (Fsp3) is 0.364. The Labute approximate surface area is 88.7 Å². The van der Waals surface area contributed by atoms with E-state index in [4.69, 9.17) is 15.6 Å². The van der Waals surface area contributed by atoms with Crippen molar-refractivity contribution in [3.63, 3.8) is 0 Å². The zero-order chi connectivity index (χ0) is 11.3. The molecule has 0 aliphatic carbocycles. The Morgan fingerprint density at radius 1 is 1.47 bits per heavy atom. The summed E-state index contributed by atoms with van der Waals surface area (Å²) in [6, 6.07) is 9.44. The van der Waals surface area contributed by atoms with Gasteiger partial charge in [0, 0.05) is 13.5 Å². The maximum Gasteiger partial charge on any atom is 0.307 e. The number of aliphatic carboxylic acids is 1. The number of carboxylic acid groups (broad SMARTS) is 1. The van der Waals surface area contributed by atoms with Crippen LogP contribution in [0.25, 0.3) is 0 Å². The first-order valence-electron chi connectivity index (χ1n) is 4.65. The molecule has 0 fully saturated rings. The van der Waals surface area contributed by atoms with E-state index < -0.39 is 11.7 Å². The van der Waals surface area contributed by atoms with Crippen LogP contribution in [0.3, 0.4) is 0 Å². The van der Waals surface area contributed by atoms with Crippen molar-refractivity contribution in [2.24, 2.45) is 5.73 Å². The van der Waals surface area contributed by atoms with Crippen molar-refractivity contribution in [1.82, 2.24) is 0 Å². The molecule has 0 saturated carbocycles. The molecule has 15 heavy (non-hydrogen) atoms. The molecule has 0 aromatic heterocycles. The van der Waals surface area contributed by atoms with Crippen molar-refractivity contribution in [2.45, 2.75) is 18.6 Å². The molecule has 82 valence electrons. The van der Waals surface area contributed by atoms with Crippen molar-refractivity contribution in [3.05, 3.63) is 35.9 Å². The maximum atomic E-state index is 10.6. The molecule has 1 atom stereocenters. The molecule has 0 aliphatic rings. The molecule has 4 nitrogen and oxygen atoms in total. The Balaban J connectivity index is 2.72. The Bertz CT molecular complexity index is 326. The summed E-state index contributed by atoms with van der Waals surface area (Å²) in [4.78, 5) is 10.6. The van der Waals surface area contributed by atoms with Gasteiger partial charge in [-0.2, -0.15) is 0 Å². The predicted octanol–water partition coefficient (Wildman–Crippen LogP) is 1.01. The second kappa shape index (κ2) is 4.91. The maximum absolute atomic E-state index is 10.6. The van der Waals surface area contributed by atoms with Gasteiger partial charge in [-0.15, -0.1) is 0 Å². The second-order valence-corrected chi connectivity index (χ2v) is 3.50. The van der Waals surface area contributed by atoms with E-state index in [2.05, 4.69) is 0 Å². The van der Waals surface area contributed by atoms with Crippen LogP contribution in [0, 0.1) is 0 Å². The van der Waals surface area contributed by atoms with Crippen LogP contribution >= 0.6 is 0 Å². The Morgan fingerprint density at radius 3 is 2.53 bits per heavy atom. The number of carboxylic acids is 1. The largest absolute Gasteiger partial charge is 0.481 e. The zero-order valence-corrected chi connectivity index (χ0v) is 8.64. The van der Waals surface area contributed by atoms with E-state index in [1.807, 2.05) is 30.3 Å². The number of hydrogen-bond acceptors (Lipinski definition) is 3. The first-order valence-corrected chi connectivity index (χ1v) is 4.65. The lowest BCUT2D eigenvalue weighted by molar-refractivity contribution is -0.143. The summed E-state index contributed by atoms with van der Waals surface area (Å²) in [5, 5.41) is 8.70. The van der Waals surface area contributed by atoms with E-state index in [-0.39, 0.29) is 6.42 Å². The summed E-state index contributed by atoms with van der Waals surface area (Å²) < 4.78 is 5.05. The summed E-state index contributed by atoms with van der Waals surface area (Å²) in [5.74, 6) is -0.963. The number of carbonyl (C=O) groups is 1. The highest BCUT2D eigenvalue weighted by Gasteiger charge is 2.28. The molecule has 0 amide bonds. The molecular weight excluding hydrogens is 194 g/mol. The first-order chi connectivity index (χ1) is 7.06. The number of ether oxygens (including phenoxy) is 1. The van der Waals surface area contributed by atoms with E-state index in [9.17, 15) is 4.79 Å². The van der Waals surface area contributed by atoms with E-state index in [1.165, 1.54) is 7.11 Å². The average molecular weight is 209 g/mol. The van der Waals surface area contributed by atoms with Crippen molar-refractivity contribution in [1.29, 1.82) is 0 Å². The number of methoxy groups -OCH3 is 1. The van der Waals surface area contributed by atoms with Crippen LogP contribution in [0.2, 0.25) is 0 Å². The van der Waals surface area contributed by atoms with Crippen LogP contribution < -0.4 is 5.73 Å². The van der Waals surface area contributed by atoms with Gasteiger partial charge in [0.15, 0.2) is 0 Å². The van der Waals surface area contributed by atoms with Gasteiger partial charge in [0.2, 0.25) is 0 Å². The molecule has 0 aliphatic heterocycles. The van der Waals surface area contributed by atoms with Crippen LogP contribution in [0.15, 0.2) is 30.3 Å². The summed E-state index contributed by atoms with van der Waals surface area (Å²) in [7, 11) is 1.42. The third-order valence-corrected chi connectivity index (χ3v) is 2.20. The molecular formula is C11H15NO3. The lowest BCUT2D eigenvalue weighted by atomic mass is 10.0. The normalized spacial score (nSPS) is 14.5. The van der Waals surface area contributed by atoms with Gasteiger partial charge < -0.3 is 15.6 Å². The van der Waals surface area contributed by atoms with Crippen LogP contribution in [-0.4, -0.2) is 23.9 Å². The van der Waals surface area contributed by atoms with Gasteiger partial charge in [-0.1, -0.05) is 30.3 Å². The lowest BCUT2D eigenvalue weighted by Gasteiger charge is -2.26. The average Bonchev–Trinajstić information content (AvgIpc) is 2.18. The van der Waals surface area contributed by atoms with E-state index in [0.717, 1.165) is 5.56 Å². The minimum atomic E-state index is -1.13. The Kier molecular flexibility index (Phi) is 3.82. The third kappa shape index (κ3) is 3.69. The van der Waals surface area contributed by atoms with Gasteiger partial charge in [0.05, 0.1) is 6.42 Å². The third-order valence-electron chi connectivity index (χ3n) is 2.20. The molecule has 3 N–H and O–H groups in total. The SMILES string of the molecule is COC(N)(CC(=O)O)Cc1ccccc1. The summed E-state index contributed by atoms with van der Waals surface area (Å²) in [5.41, 5.74) is 5.66. The van der Waals surface area contributed by atoms with Crippen molar-refractivity contribution in [2.75, 3.05) is 7.11 Å². The smallest absolute Gasteiger partial charge is 0.307 e. The highest BCUT2D eigenvalue weighted by Crippen LogP contribution is 2.15. The van der Waals surface area contributed by atoms with Gasteiger partial charge in [-0.25, -0.2) is 0 Å². The second-order valence-electron chi connectivity index (χ2n) is 3.50. The Morgan fingerprint density at radius 2 is 2.07 bits per heavy atom. The minimum absolute atomic E-state index is 0.210. The van der Waals surface area contributed by atoms with E-state index >= 15 is 0 Å². The molecule has 1 aromatic rings. The topological polar surface area (TPSA) is 72.5 Å².